The molecule has 0 aliphatic rings. The Labute approximate surface area is 154 Å². The van der Waals surface area contributed by atoms with Crippen molar-refractivity contribution in [3.63, 3.8) is 0 Å². The number of unbranched alkanes of at least 4 members (excludes halogenated alkanes) is 11. The topological polar surface area (TPSA) is 20.2 Å². The zero-order valence-corrected chi connectivity index (χ0v) is 16.1. The van der Waals surface area contributed by atoms with Crippen LogP contribution in [0.5, 0.6) is 5.75 Å². The highest BCUT2D eigenvalue weighted by Gasteiger charge is 2.05. The molecular formula is C24H36O. The largest absolute Gasteiger partial charge is 0.507 e. The van der Waals surface area contributed by atoms with Crippen molar-refractivity contribution in [2.45, 2.75) is 90.4 Å². The van der Waals surface area contributed by atoms with Gasteiger partial charge in [-0.05, 0) is 23.8 Å². The molecule has 0 aliphatic heterocycles. The maximum atomic E-state index is 10.4. The summed E-state index contributed by atoms with van der Waals surface area (Å²) < 4.78 is 0. The van der Waals surface area contributed by atoms with E-state index in [9.17, 15) is 5.11 Å². The predicted molar refractivity (Wildman–Crippen MR) is 110 cm³/mol. The Morgan fingerprint density at radius 2 is 1.20 bits per heavy atom. The molecule has 0 saturated heterocycles. The smallest absolute Gasteiger partial charge is 0.126 e. The van der Waals surface area contributed by atoms with E-state index in [0.29, 0.717) is 5.75 Å². The summed E-state index contributed by atoms with van der Waals surface area (Å²) in [4.78, 5) is 0. The zero-order chi connectivity index (χ0) is 17.7. The number of hydrogen-bond acceptors (Lipinski definition) is 1. The van der Waals surface area contributed by atoms with Crippen LogP contribution in [-0.2, 0) is 6.42 Å². The summed E-state index contributed by atoms with van der Waals surface area (Å²) in [7, 11) is 0. The molecule has 0 atom stereocenters. The molecular weight excluding hydrogens is 304 g/mol. The van der Waals surface area contributed by atoms with E-state index in [-0.39, 0.29) is 0 Å². The van der Waals surface area contributed by atoms with Crippen LogP contribution in [0.3, 0.4) is 0 Å². The predicted octanol–water partition coefficient (Wildman–Crippen LogP) is 7.79. The summed E-state index contributed by atoms with van der Waals surface area (Å²) in [5.41, 5.74) is 1.10. The van der Waals surface area contributed by atoms with E-state index in [1.165, 1.54) is 77.0 Å². The average Bonchev–Trinajstić information content (AvgIpc) is 2.64. The quantitative estimate of drug-likeness (QED) is 0.369. The van der Waals surface area contributed by atoms with Gasteiger partial charge in [-0.2, -0.15) is 0 Å². The Morgan fingerprint density at radius 3 is 1.84 bits per heavy atom. The fourth-order valence-electron chi connectivity index (χ4n) is 3.66. The number of fused-ring (bicyclic) bond motifs is 1. The second-order valence-corrected chi connectivity index (χ2v) is 7.43. The van der Waals surface area contributed by atoms with Crippen molar-refractivity contribution in [2.75, 3.05) is 0 Å². The summed E-state index contributed by atoms with van der Waals surface area (Å²) in [5.74, 6) is 0.487. The highest BCUT2D eigenvalue weighted by Crippen LogP contribution is 2.29. The normalized spacial score (nSPS) is 11.2. The van der Waals surface area contributed by atoms with Crippen LogP contribution in [0.4, 0.5) is 0 Å². The molecule has 1 nitrogen and oxygen atoms in total. The minimum absolute atomic E-state index is 0.487. The molecule has 0 heterocycles. The fourth-order valence-corrected chi connectivity index (χ4v) is 3.66. The number of rotatable bonds is 13. The molecule has 2 aromatic carbocycles. The average molecular weight is 341 g/mol. The van der Waals surface area contributed by atoms with E-state index in [4.69, 9.17) is 0 Å². The Morgan fingerprint density at radius 1 is 0.640 bits per heavy atom. The summed E-state index contributed by atoms with van der Waals surface area (Å²) >= 11 is 0. The van der Waals surface area contributed by atoms with Crippen LogP contribution in [0.2, 0.25) is 0 Å². The van der Waals surface area contributed by atoms with Gasteiger partial charge >= 0.3 is 0 Å². The highest BCUT2D eigenvalue weighted by atomic mass is 16.3. The van der Waals surface area contributed by atoms with Gasteiger partial charge in [0.15, 0.2) is 0 Å². The molecule has 0 bridgehead atoms. The minimum atomic E-state index is 0.487. The number of benzene rings is 2. The molecule has 25 heavy (non-hydrogen) atoms. The van der Waals surface area contributed by atoms with Gasteiger partial charge in [0.1, 0.15) is 5.75 Å². The maximum Gasteiger partial charge on any atom is 0.126 e. The lowest BCUT2D eigenvalue weighted by molar-refractivity contribution is 0.472. The Kier molecular flexibility index (Phi) is 9.47. The Hall–Kier alpha value is -1.50. The molecule has 0 aliphatic carbocycles. The maximum absolute atomic E-state index is 10.4. The SMILES string of the molecule is CCCCCCCCCCCCCCc1ccc2ccccc2c1O. The van der Waals surface area contributed by atoms with Gasteiger partial charge in [0.25, 0.3) is 0 Å². The van der Waals surface area contributed by atoms with E-state index in [1.54, 1.807) is 0 Å². The van der Waals surface area contributed by atoms with Crippen molar-refractivity contribution in [3.05, 3.63) is 42.0 Å². The zero-order valence-electron chi connectivity index (χ0n) is 16.1. The van der Waals surface area contributed by atoms with Crippen molar-refractivity contribution in [2.24, 2.45) is 0 Å². The summed E-state index contributed by atoms with van der Waals surface area (Å²) in [6.07, 6.45) is 17.5. The first-order chi connectivity index (χ1) is 12.3. The summed E-state index contributed by atoms with van der Waals surface area (Å²) in [6.45, 7) is 2.28. The number of aromatic hydroxyl groups is 1. The van der Waals surface area contributed by atoms with Crippen LogP contribution in [0.15, 0.2) is 36.4 Å². The molecule has 0 saturated carbocycles. The van der Waals surface area contributed by atoms with Gasteiger partial charge in [0, 0.05) is 5.39 Å². The molecule has 0 radical (unpaired) electrons. The Bertz CT molecular complexity index is 602. The van der Waals surface area contributed by atoms with Gasteiger partial charge in [0.05, 0.1) is 0 Å². The molecule has 0 aromatic heterocycles. The lowest BCUT2D eigenvalue weighted by atomic mass is 10.00. The highest BCUT2D eigenvalue weighted by molar-refractivity contribution is 5.89. The van der Waals surface area contributed by atoms with Crippen molar-refractivity contribution < 1.29 is 5.11 Å². The molecule has 138 valence electrons. The van der Waals surface area contributed by atoms with Crippen molar-refractivity contribution in [3.8, 4) is 5.75 Å². The van der Waals surface area contributed by atoms with Crippen molar-refractivity contribution in [1.29, 1.82) is 0 Å². The monoisotopic (exact) mass is 340 g/mol. The Balaban J connectivity index is 1.53. The van der Waals surface area contributed by atoms with E-state index >= 15 is 0 Å². The van der Waals surface area contributed by atoms with E-state index in [2.05, 4.69) is 25.1 Å². The lowest BCUT2D eigenvalue weighted by Crippen LogP contribution is -1.89. The van der Waals surface area contributed by atoms with Crippen LogP contribution in [0, 0.1) is 0 Å². The van der Waals surface area contributed by atoms with Gasteiger partial charge < -0.3 is 5.11 Å². The second kappa shape index (κ2) is 12.0. The standard InChI is InChI=1S/C24H36O/c1-2-3-4-5-6-7-8-9-10-11-12-13-17-22-20-19-21-16-14-15-18-23(21)24(22)25/h14-16,18-20,25H,2-13,17H2,1H3. The van der Waals surface area contributed by atoms with Crippen LogP contribution in [0.1, 0.15) is 89.5 Å². The third kappa shape index (κ3) is 7.10. The van der Waals surface area contributed by atoms with Crippen LogP contribution in [0.25, 0.3) is 10.8 Å². The first-order valence-corrected chi connectivity index (χ1v) is 10.5. The molecule has 1 heteroatoms. The first kappa shape index (κ1) is 19.8. The minimum Gasteiger partial charge on any atom is -0.507 e. The van der Waals surface area contributed by atoms with Crippen LogP contribution in [-0.4, -0.2) is 5.11 Å². The van der Waals surface area contributed by atoms with Crippen molar-refractivity contribution >= 4 is 10.8 Å². The lowest BCUT2D eigenvalue weighted by Gasteiger charge is -2.08. The number of hydrogen-bond donors (Lipinski definition) is 1. The van der Waals surface area contributed by atoms with E-state index < -0.39 is 0 Å². The molecule has 0 unspecified atom stereocenters. The van der Waals surface area contributed by atoms with Crippen LogP contribution < -0.4 is 0 Å². The van der Waals surface area contributed by atoms with Gasteiger partial charge in [-0.3, -0.25) is 0 Å². The van der Waals surface area contributed by atoms with Gasteiger partial charge in [-0.1, -0.05) is 114 Å². The molecule has 2 rings (SSSR count). The van der Waals surface area contributed by atoms with Gasteiger partial charge in [0.2, 0.25) is 0 Å². The number of aryl methyl sites for hydroxylation is 1. The van der Waals surface area contributed by atoms with E-state index in [1.807, 2.05) is 18.2 Å². The fraction of sp³-hybridized carbons (Fsp3) is 0.583. The molecule has 0 amide bonds. The first-order valence-electron chi connectivity index (χ1n) is 10.5. The van der Waals surface area contributed by atoms with Gasteiger partial charge in [-0.25, -0.2) is 0 Å². The third-order valence-electron chi connectivity index (χ3n) is 5.28. The summed E-state index contributed by atoms with van der Waals surface area (Å²) in [6, 6.07) is 12.3. The molecule has 2 aromatic rings. The molecule has 0 fully saturated rings. The molecule has 0 spiro atoms. The number of phenols is 1. The molecule has 1 N–H and O–H groups in total. The second-order valence-electron chi connectivity index (χ2n) is 7.43. The number of phenolic OH excluding ortho intramolecular Hbond substituents is 1. The van der Waals surface area contributed by atoms with Crippen LogP contribution >= 0.6 is 0 Å². The van der Waals surface area contributed by atoms with Gasteiger partial charge in [-0.15, -0.1) is 0 Å². The summed E-state index contributed by atoms with van der Waals surface area (Å²) in [5, 5.41) is 12.5. The third-order valence-corrected chi connectivity index (χ3v) is 5.28. The van der Waals surface area contributed by atoms with Crippen molar-refractivity contribution in [1.82, 2.24) is 0 Å². The van der Waals surface area contributed by atoms with E-state index in [0.717, 1.165) is 22.8 Å².